The van der Waals surface area contributed by atoms with Crippen molar-refractivity contribution in [1.29, 1.82) is 0 Å². The summed E-state index contributed by atoms with van der Waals surface area (Å²) in [6, 6.07) is 2.33. The Hall–Kier alpha value is -1.58. The third-order valence-corrected chi connectivity index (χ3v) is 2.99. The van der Waals surface area contributed by atoms with E-state index in [1.54, 1.807) is 0 Å². The molecule has 1 heterocycles. The monoisotopic (exact) mass is 219 g/mol. The Bertz CT molecular complexity index is 377. The second-order valence-corrected chi connectivity index (χ2v) is 4.17. The highest BCUT2D eigenvalue weighted by Crippen LogP contribution is 2.27. The number of hydrogen-bond donors (Lipinski definition) is 1. The van der Waals surface area contributed by atoms with E-state index in [0.29, 0.717) is 11.9 Å². The van der Waals surface area contributed by atoms with Crippen molar-refractivity contribution in [1.82, 2.24) is 9.78 Å². The maximum Gasteiger partial charge on any atom is 0.248 e. The van der Waals surface area contributed by atoms with Gasteiger partial charge in [0.25, 0.3) is 0 Å². The van der Waals surface area contributed by atoms with Crippen LogP contribution in [0.15, 0.2) is 24.9 Å². The summed E-state index contributed by atoms with van der Waals surface area (Å²) in [5.41, 5.74) is 0. The van der Waals surface area contributed by atoms with Crippen molar-refractivity contribution in [3.63, 3.8) is 0 Å². The standard InChI is InChI=1S/C12H17N3O/c1-2-12(16)13-11-8-9-15(14-11)10-6-4-3-5-7-10/h2,8-10H,1,3-7H2,(H,13,14,16). The summed E-state index contributed by atoms with van der Waals surface area (Å²) in [6.07, 6.45) is 9.46. The Morgan fingerprint density at radius 3 is 2.94 bits per heavy atom. The summed E-state index contributed by atoms with van der Waals surface area (Å²) in [5, 5.41) is 7.02. The molecule has 0 aliphatic heterocycles. The predicted molar refractivity (Wildman–Crippen MR) is 63.2 cm³/mol. The molecule has 1 aromatic heterocycles. The van der Waals surface area contributed by atoms with Crippen LogP contribution >= 0.6 is 0 Å². The molecule has 0 saturated heterocycles. The van der Waals surface area contributed by atoms with Crippen molar-refractivity contribution in [2.45, 2.75) is 38.1 Å². The van der Waals surface area contributed by atoms with Crippen LogP contribution in [0.1, 0.15) is 38.1 Å². The van der Waals surface area contributed by atoms with E-state index < -0.39 is 0 Å². The molecule has 4 nitrogen and oxygen atoms in total. The minimum atomic E-state index is -0.214. The summed E-state index contributed by atoms with van der Waals surface area (Å²) in [4.78, 5) is 11.1. The average Bonchev–Trinajstić information content (AvgIpc) is 2.78. The van der Waals surface area contributed by atoms with Gasteiger partial charge in [0.1, 0.15) is 0 Å². The number of aromatic nitrogens is 2. The molecule has 1 fully saturated rings. The predicted octanol–water partition coefficient (Wildman–Crippen LogP) is 2.51. The lowest BCUT2D eigenvalue weighted by atomic mass is 9.96. The lowest BCUT2D eigenvalue weighted by Crippen LogP contribution is -2.14. The van der Waals surface area contributed by atoms with Crippen LogP contribution in [0.3, 0.4) is 0 Å². The molecule has 0 unspecified atom stereocenters. The number of hydrogen-bond acceptors (Lipinski definition) is 2. The number of nitrogens with zero attached hydrogens (tertiary/aromatic N) is 2. The molecule has 2 rings (SSSR count). The lowest BCUT2D eigenvalue weighted by Gasteiger charge is -2.21. The third-order valence-electron chi connectivity index (χ3n) is 2.99. The van der Waals surface area contributed by atoms with Crippen LogP contribution in [0.5, 0.6) is 0 Å². The number of amides is 1. The number of anilines is 1. The highest BCUT2D eigenvalue weighted by molar-refractivity contribution is 5.98. The van der Waals surface area contributed by atoms with Crippen molar-refractivity contribution in [3.05, 3.63) is 24.9 Å². The molecule has 1 aliphatic rings. The highest BCUT2D eigenvalue weighted by Gasteiger charge is 2.16. The first-order valence-corrected chi connectivity index (χ1v) is 5.78. The second kappa shape index (κ2) is 4.96. The van der Waals surface area contributed by atoms with Crippen LogP contribution in [0.2, 0.25) is 0 Å². The molecule has 86 valence electrons. The second-order valence-electron chi connectivity index (χ2n) is 4.17. The van der Waals surface area contributed by atoms with E-state index in [2.05, 4.69) is 17.0 Å². The summed E-state index contributed by atoms with van der Waals surface area (Å²) >= 11 is 0. The Balaban J connectivity index is 2.00. The van der Waals surface area contributed by atoms with Crippen molar-refractivity contribution >= 4 is 11.7 Å². The normalized spacial score (nSPS) is 17.0. The van der Waals surface area contributed by atoms with Gasteiger partial charge in [0.05, 0.1) is 6.04 Å². The van der Waals surface area contributed by atoms with Crippen LogP contribution in [0.4, 0.5) is 5.82 Å². The van der Waals surface area contributed by atoms with E-state index in [-0.39, 0.29) is 5.91 Å². The van der Waals surface area contributed by atoms with Crippen LogP contribution in [0.25, 0.3) is 0 Å². The number of rotatable bonds is 3. The SMILES string of the molecule is C=CC(=O)Nc1ccn(C2CCCCC2)n1. The molecule has 1 N–H and O–H groups in total. The zero-order valence-electron chi connectivity index (χ0n) is 9.35. The van der Waals surface area contributed by atoms with Crippen LogP contribution in [0, 0.1) is 0 Å². The number of carbonyl (C=O) groups is 1. The van der Waals surface area contributed by atoms with E-state index in [9.17, 15) is 4.79 Å². The van der Waals surface area contributed by atoms with Gasteiger partial charge in [-0.1, -0.05) is 25.8 Å². The minimum absolute atomic E-state index is 0.214. The van der Waals surface area contributed by atoms with Gasteiger partial charge in [-0.15, -0.1) is 0 Å². The van der Waals surface area contributed by atoms with E-state index in [0.717, 1.165) is 0 Å². The maximum atomic E-state index is 11.1. The van der Waals surface area contributed by atoms with Crippen molar-refractivity contribution in [2.75, 3.05) is 5.32 Å². The van der Waals surface area contributed by atoms with Gasteiger partial charge in [0, 0.05) is 12.3 Å². The molecule has 0 radical (unpaired) electrons. The zero-order chi connectivity index (χ0) is 11.4. The van der Waals surface area contributed by atoms with Gasteiger partial charge in [-0.05, 0) is 18.9 Å². The molecule has 1 aliphatic carbocycles. The number of nitrogens with one attached hydrogen (secondary N) is 1. The van der Waals surface area contributed by atoms with Gasteiger partial charge in [-0.25, -0.2) is 0 Å². The van der Waals surface area contributed by atoms with Gasteiger partial charge in [-0.3, -0.25) is 9.48 Å². The fourth-order valence-corrected chi connectivity index (χ4v) is 2.13. The first-order valence-electron chi connectivity index (χ1n) is 5.78. The molecule has 1 saturated carbocycles. The first kappa shape index (κ1) is 10.9. The van der Waals surface area contributed by atoms with Crippen molar-refractivity contribution < 1.29 is 4.79 Å². The summed E-state index contributed by atoms with van der Waals surface area (Å²) in [6.45, 7) is 3.41. The van der Waals surface area contributed by atoms with Gasteiger partial charge < -0.3 is 5.32 Å². The molecule has 1 aromatic rings. The third kappa shape index (κ3) is 2.51. The Morgan fingerprint density at radius 2 is 2.25 bits per heavy atom. The van der Waals surface area contributed by atoms with Gasteiger partial charge in [-0.2, -0.15) is 5.10 Å². The summed E-state index contributed by atoms with van der Waals surface area (Å²) in [7, 11) is 0. The largest absolute Gasteiger partial charge is 0.306 e. The van der Waals surface area contributed by atoms with Crippen molar-refractivity contribution in [3.8, 4) is 0 Å². The van der Waals surface area contributed by atoms with Crippen molar-refractivity contribution in [2.24, 2.45) is 0 Å². The molecule has 16 heavy (non-hydrogen) atoms. The Morgan fingerprint density at radius 1 is 1.50 bits per heavy atom. The van der Waals surface area contributed by atoms with Crippen LogP contribution < -0.4 is 5.32 Å². The molecule has 0 atom stereocenters. The summed E-state index contributed by atoms with van der Waals surface area (Å²) in [5.74, 6) is 0.393. The highest BCUT2D eigenvalue weighted by atomic mass is 16.1. The van der Waals surface area contributed by atoms with Gasteiger partial charge in [0.15, 0.2) is 5.82 Å². The molecule has 1 amide bonds. The Kier molecular flexibility index (Phi) is 3.39. The van der Waals surface area contributed by atoms with E-state index in [4.69, 9.17) is 0 Å². The molecule has 0 bridgehead atoms. The topological polar surface area (TPSA) is 46.9 Å². The number of carbonyl (C=O) groups excluding carboxylic acids is 1. The average molecular weight is 219 g/mol. The zero-order valence-corrected chi connectivity index (χ0v) is 9.35. The van der Waals surface area contributed by atoms with Crippen LogP contribution in [-0.2, 0) is 4.79 Å². The molecular formula is C12H17N3O. The Labute approximate surface area is 95.3 Å². The fourth-order valence-electron chi connectivity index (χ4n) is 2.13. The smallest absolute Gasteiger partial charge is 0.248 e. The molecule has 0 aromatic carbocycles. The van der Waals surface area contributed by atoms with Crippen LogP contribution in [-0.4, -0.2) is 15.7 Å². The van der Waals surface area contributed by atoms with E-state index in [1.165, 1.54) is 38.2 Å². The van der Waals surface area contributed by atoms with Gasteiger partial charge in [0.2, 0.25) is 5.91 Å². The summed E-state index contributed by atoms with van der Waals surface area (Å²) < 4.78 is 1.97. The van der Waals surface area contributed by atoms with E-state index >= 15 is 0 Å². The molecular weight excluding hydrogens is 202 g/mol. The quantitative estimate of drug-likeness (QED) is 0.794. The van der Waals surface area contributed by atoms with Gasteiger partial charge >= 0.3 is 0 Å². The van der Waals surface area contributed by atoms with E-state index in [1.807, 2.05) is 16.9 Å². The fraction of sp³-hybridized carbons (Fsp3) is 0.500. The first-order chi connectivity index (χ1) is 7.79. The maximum absolute atomic E-state index is 11.1. The lowest BCUT2D eigenvalue weighted by molar-refractivity contribution is -0.111. The molecule has 4 heteroatoms. The molecule has 0 spiro atoms. The minimum Gasteiger partial charge on any atom is -0.306 e.